The summed E-state index contributed by atoms with van der Waals surface area (Å²) >= 11 is 0. The molecule has 2 rings (SSSR count). The highest BCUT2D eigenvalue weighted by atomic mass is 16.3. The van der Waals surface area contributed by atoms with Crippen molar-refractivity contribution in [3.8, 4) is 0 Å². The number of fused-ring (bicyclic) bond motifs is 1. The normalized spacial score (nSPS) is 48.0. The molecule has 2 aliphatic rings. The summed E-state index contributed by atoms with van der Waals surface area (Å²) in [6.45, 7) is 1.93. The Bertz CT molecular complexity index is 138. The molecule has 0 aromatic carbocycles. The van der Waals surface area contributed by atoms with E-state index in [1.165, 1.54) is 12.8 Å². The van der Waals surface area contributed by atoms with E-state index in [2.05, 4.69) is 4.90 Å². The van der Waals surface area contributed by atoms with E-state index >= 15 is 0 Å². The van der Waals surface area contributed by atoms with Crippen molar-refractivity contribution < 1.29 is 5.11 Å². The van der Waals surface area contributed by atoms with Crippen molar-refractivity contribution in [1.29, 1.82) is 0 Å². The van der Waals surface area contributed by atoms with Crippen molar-refractivity contribution >= 4 is 0 Å². The number of rotatable bonds is 0. The summed E-state index contributed by atoms with van der Waals surface area (Å²) in [6, 6.07) is 0.498. The van der Waals surface area contributed by atoms with Gasteiger partial charge in [0.15, 0.2) is 0 Å². The Hall–Kier alpha value is -0.120. The van der Waals surface area contributed by atoms with Gasteiger partial charge in [-0.2, -0.15) is 0 Å². The lowest BCUT2D eigenvalue weighted by atomic mass is 10.1. The van der Waals surface area contributed by atoms with Crippen LogP contribution < -0.4 is 5.73 Å². The quantitative estimate of drug-likeness (QED) is 0.463. The number of hydrogen-bond donors (Lipinski definition) is 2. The fraction of sp³-hybridized carbons (Fsp3) is 1.00. The second-order valence-electron chi connectivity index (χ2n) is 3.35. The van der Waals surface area contributed by atoms with E-state index in [-0.39, 0.29) is 12.1 Å². The molecule has 0 saturated carbocycles. The standard InChI is InChI=1S/C7H14N2O/c8-7-5-2-1-3-9(5)4-6(7)10/h5-7,10H,1-4,8H2. The molecule has 2 heterocycles. The summed E-state index contributed by atoms with van der Waals surface area (Å²) in [7, 11) is 0. The Morgan fingerprint density at radius 3 is 3.00 bits per heavy atom. The average Bonchev–Trinajstić information content (AvgIpc) is 2.41. The molecular weight excluding hydrogens is 128 g/mol. The third-order valence-electron chi connectivity index (χ3n) is 2.72. The molecule has 3 unspecified atom stereocenters. The van der Waals surface area contributed by atoms with Gasteiger partial charge >= 0.3 is 0 Å². The first-order chi connectivity index (χ1) is 4.79. The fourth-order valence-corrected chi connectivity index (χ4v) is 2.13. The van der Waals surface area contributed by atoms with Crippen LogP contribution in [0.3, 0.4) is 0 Å². The lowest BCUT2D eigenvalue weighted by Crippen LogP contribution is -2.39. The third-order valence-corrected chi connectivity index (χ3v) is 2.72. The van der Waals surface area contributed by atoms with Crippen LogP contribution in [0.1, 0.15) is 12.8 Å². The first-order valence-electron chi connectivity index (χ1n) is 3.97. The minimum absolute atomic E-state index is 0.0162. The summed E-state index contributed by atoms with van der Waals surface area (Å²) in [4.78, 5) is 2.30. The van der Waals surface area contributed by atoms with Gasteiger partial charge in [-0.1, -0.05) is 0 Å². The molecule has 2 saturated heterocycles. The van der Waals surface area contributed by atoms with Crippen LogP contribution in [0.5, 0.6) is 0 Å². The minimum atomic E-state index is -0.273. The SMILES string of the molecule is NC1C(O)CN2CCCC12. The van der Waals surface area contributed by atoms with Crippen LogP contribution in [0.25, 0.3) is 0 Å². The Kier molecular flexibility index (Phi) is 1.44. The highest BCUT2D eigenvalue weighted by molar-refractivity contribution is 4.99. The molecule has 2 fully saturated rings. The van der Waals surface area contributed by atoms with Crippen LogP contribution in [0.15, 0.2) is 0 Å². The van der Waals surface area contributed by atoms with Gasteiger partial charge < -0.3 is 10.8 Å². The maximum atomic E-state index is 9.34. The zero-order valence-corrected chi connectivity index (χ0v) is 6.03. The van der Waals surface area contributed by atoms with E-state index in [0.717, 1.165) is 13.1 Å². The molecule has 0 spiro atoms. The first kappa shape index (κ1) is 6.58. The molecule has 3 N–H and O–H groups in total. The first-order valence-corrected chi connectivity index (χ1v) is 3.97. The predicted octanol–water partition coefficient (Wildman–Crippen LogP) is -0.847. The highest BCUT2D eigenvalue weighted by Gasteiger charge is 2.40. The summed E-state index contributed by atoms with van der Waals surface area (Å²) < 4.78 is 0. The Morgan fingerprint density at radius 1 is 1.50 bits per heavy atom. The Balaban J connectivity index is 2.09. The number of aliphatic hydroxyl groups excluding tert-OH is 1. The number of nitrogens with two attached hydrogens (primary N) is 1. The van der Waals surface area contributed by atoms with Crippen LogP contribution in [0.2, 0.25) is 0 Å². The van der Waals surface area contributed by atoms with E-state index in [1.807, 2.05) is 0 Å². The lowest BCUT2D eigenvalue weighted by molar-refractivity contribution is 0.164. The molecule has 0 aromatic rings. The van der Waals surface area contributed by atoms with Crippen molar-refractivity contribution in [1.82, 2.24) is 4.90 Å². The largest absolute Gasteiger partial charge is 0.390 e. The number of hydrogen-bond acceptors (Lipinski definition) is 3. The molecule has 3 heteroatoms. The van der Waals surface area contributed by atoms with E-state index in [9.17, 15) is 5.11 Å². The summed E-state index contributed by atoms with van der Waals surface area (Å²) in [6.07, 6.45) is 2.16. The van der Waals surface area contributed by atoms with Gasteiger partial charge in [-0.05, 0) is 19.4 Å². The fourth-order valence-electron chi connectivity index (χ4n) is 2.13. The van der Waals surface area contributed by atoms with Gasteiger partial charge in [-0.15, -0.1) is 0 Å². The van der Waals surface area contributed by atoms with Gasteiger partial charge in [-0.3, -0.25) is 4.90 Å². The van der Waals surface area contributed by atoms with Crippen molar-refractivity contribution in [2.24, 2.45) is 5.73 Å². The van der Waals surface area contributed by atoms with Crippen molar-refractivity contribution in [2.45, 2.75) is 31.0 Å². The van der Waals surface area contributed by atoms with Crippen LogP contribution in [-0.4, -0.2) is 41.3 Å². The third kappa shape index (κ3) is 0.779. The second kappa shape index (κ2) is 2.19. The average molecular weight is 142 g/mol. The van der Waals surface area contributed by atoms with Crippen LogP contribution >= 0.6 is 0 Å². The maximum absolute atomic E-state index is 9.34. The maximum Gasteiger partial charge on any atom is 0.0833 e. The molecule has 3 nitrogen and oxygen atoms in total. The van der Waals surface area contributed by atoms with Gasteiger partial charge in [0.2, 0.25) is 0 Å². The molecule has 0 radical (unpaired) electrons. The summed E-state index contributed by atoms with van der Waals surface area (Å²) in [5.74, 6) is 0. The van der Waals surface area contributed by atoms with Crippen LogP contribution in [0, 0.1) is 0 Å². The molecule has 0 amide bonds. The monoisotopic (exact) mass is 142 g/mol. The molecule has 0 bridgehead atoms. The number of nitrogens with zero attached hydrogens (tertiary/aromatic N) is 1. The van der Waals surface area contributed by atoms with E-state index < -0.39 is 0 Å². The van der Waals surface area contributed by atoms with Gasteiger partial charge in [0.05, 0.1) is 6.10 Å². The van der Waals surface area contributed by atoms with Crippen molar-refractivity contribution in [3.63, 3.8) is 0 Å². The van der Waals surface area contributed by atoms with Crippen molar-refractivity contribution in [3.05, 3.63) is 0 Å². The van der Waals surface area contributed by atoms with E-state index in [0.29, 0.717) is 6.04 Å². The Morgan fingerprint density at radius 2 is 2.30 bits per heavy atom. The van der Waals surface area contributed by atoms with Crippen LogP contribution in [-0.2, 0) is 0 Å². The smallest absolute Gasteiger partial charge is 0.0833 e. The lowest BCUT2D eigenvalue weighted by Gasteiger charge is -2.15. The van der Waals surface area contributed by atoms with Gasteiger partial charge in [0, 0.05) is 18.6 Å². The number of aliphatic hydroxyl groups is 1. The molecule has 10 heavy (non-hydrogen) atoms. The molecule has 0 aliphatic carbocycles. The zero-order valence-electron chi connectivity index (χ0n) is 6.03. The summed E-state index contributed by atoms with van der Waals surface area (Å²) in [5, 5.41) is 9.34. The second-order valence-corrected chi connectivity index (χ2v) is 3.35. The Labute approximate surface area is 60.8 Å². The van der Waals surface area contributed by atoms with E-state index in [1.54, 1.807) is 0 Å². The topological polar surface area (TPSA) is 49.5 Å². The molecule has 58 valence electrons. The molecule has 3 atom stereocenters. The van der Waals surface area contributed by atoms with Crippen molar-refractivity contribution in [2.75, 3.05) is 13.1 Å². The zero-order chi connectivity index (χ0) is 7.14. The van der Waals surface area contributed by atoms with Gasteiger partial charge in [0.1, 0.15) is 0 Å². The molecule has 2 aliphatic heterocycles. The minimum Gasteiger partial charge on any atom is -0.390 e. The molecule has 0 aromatic heterocycles. The van der Waals surface area contributed by atoms with Crippen LogP contribution in [0.4, 0.5) is 0 Å². The highest BCUT2D eigenvalue weighted by Crippen LogP contribution is 2.26. The van der Waals surface area contributed by atoms with Gasteiger partial charge in [-0.25, -0.2) is 0 Å². The van der Waals surface area contributed by atoms with Gasteiger partial charge in [0.25, 0.3) is 0 Å². The molecular formula is C7H14N2O. The summed E-state index contributed by atoms with van der Waals surface area (Å²) in [5.41, 5.74) is 5.77. The van der Waals surface area contributed by atoms with E-state index in [4.69, 9.17) is 5.73 Å². The predicted molar refractivity (Wildman–Crippen MR) is 38.6 cm³/mol.